The highest BCUT2D eigenvalue weighted by Gasteiger charge is 2.51. The van der Waals surface area contributed by atoms with Gasteiger partial charge in [0.1, 0.15) is 5.54 Å². The highest BCUT2D eigenvalue weighted by Crippen LogP contribution is 2.32. The fourth-order valence-corrected chi connectivity index (χ4v) is 3.69. The molecular formula is C18H22N4O2. The quantitative estimate of drug-likeness (QED) is 0.858. The van der Waals surface area contributed by atoms with Crippen LogP contribution in [0.5, 0.6) is 0 Å². The summed E-state index contributed by atoms with van der Waals surface area (Å²) in [6.45, 7) is 4.38. The third-order valence-corrected chi connectivity index (χ3v) is 5.23. The first-order chi connectivity index (χ1) is 11.4. The zero-order valence-electron chi connectivity index (χ0n) is 14.1. The molecule has 1 aromatic rings. The first kappa shape index (κ1) is 16.5. The van der Waals surface area contributed by atoms with Crippen molar-refractivity contribution in [2.24, 2.45) is 5.92 Å². The van der Waals surface area contributed by atoms with Crippen LogP contribution in [0, 0.1) is 17.2 Å². The van der Waals surface area contributed by atoms with Crippen molar-refractivity contribution in [2.75, 3.05) is 20.1 Å². The Morgan fingerprint density at radius 3 is 2.62 bits per heavy atom. The molecule has 2 atom stereocenters. The van der Waals surface area contributed by atoms with E-state index in [2.05, 4.69) is 16.3 Å². The lowest BCUT2D eigenvalue weighted by Gasteiger charge is -2.39. The van der Waals surface area contributed by atoms with Crippen LogP contribution < -0.4 is 5.32 Å². The number of rotatable bonds is 3. The molecule has 0 unspecified atom stereocenters. The van der Waals surface area contributed by atoms with Gasteiger partial charge in [-0.2, -0.15) is 5.26 Å². The van der Waals surface area contributed by atoms with Crippen molar-refractivity contribution in [3.05, 3.63) is 35.4 Å². The van der Waals surface area contributed by atoms with Gasteiger partial charge in [0.05, 0.1) is 11.6 Å². The van der Waals surface area contributed by atoms with Crippen LogP contribution in [-0.4, -0.2) is 47.4 Å². The summed E-state index contributed by atoms with van der Waals surface area (Å²) >= 11 is 0. The van der Waals surface area contributed by atoms with Crippen molar-refractivity contribution < 1.29 is 9.59 Å². The number of carbonyl (C=O) groups excluding carboxylic acids is 2. The lowest BCUT2D eigenvalue weighted by Crippen LogP contribution is -2.55. The fourth-order valence-electron chi connectivity index (χ4n) is 3.69. The van der Waals surface area contributed by atoms with Crippen LogP contribution in [0.3, 0.4) is 0 Å². The SMILES string of the molecule is CN1C(=O)N[C@@](C)([C@@H]2CCCN(Cc3ccc(C#N)cc3)C2)C1=O. The third-order valence-electron chi connectivity index (χ3n) is 5.23. The minimum atomic E-state index is -0.810. The molecule has 0 saturated carbocycles. The molecule has 24 heavy (non-hydrogen) atoms. The van der Waals surface area contributed by atoms with Crippen LogP contribution in [0.4, 0.5) is 4.79 Å². The topological polar surface area (TPSA) is 76.4 Å². The average molecular weight is 326 g/mol. The molecule has 2 saturated heterocycles. The molecule has 1 aromatic carbocycles. The number of amides is 3. The molecule has 0 aromatic heterocycles. The molecule has 6 heteroatoms. The van der Waals surface area contributed by atoms with E-state index in [1.807, 2.05) is 31.2 Å². The second-order valence-corrected chi connectivity index (χ2v) is 6.88. The molecule has 3 rings (SSSR count). The number of nitriles is 1. The van der Waals surface area contributed by atoms with E-state index in [0.29, 0.717) is 5.56 Å². The van der Waals surface area contributed by atoms with Crippen molar-refractivity contribution >= 4 is 11.9 Å². The van der Waals surface area contributed by atoms with Crippen LogP contribution in [0.15, 0.2) is 24.3 Å². The summed E-state index contributed by atoms with van der Waals surface area (Å²) in [7, 11) is 1.53. The largest absolute Gasteiger partial charge is 0.324 e. The van der Waals surface area contributed by atoms with Crippen LogP contribution >= 0.6 is 0 Å². The number of hydrogen-bond acceptors (Lipinski definition) is 4. The normalized spacial score (nSPS) is 27.9. The van der Waals surface area contributed by atoms with Crippen molar-refractivity contribution in [1.29, 1.82) is 5.26 Å². The Balaban J connectivity index is 1.69. The molecule has 0 radical (unpaired) electrons. The van der Waals surface area contributed by atoms with E-state index in [-0.39, 0.29) is 17.9 Å². The summed E-state index contributed by atoms with van der Waals surface area (Å²) in [5, 5.41) is 11.7. The monoisotopic (exact) mass is 326 g/mol. The Morgan fingerprint density at radius 1 is 1.33 bits per heavy atom. The predicted octanol–water partition coefficient (Wildman–Crippen LogP) is 1.71. The molecule has 3 amide bonds. The van der Waals surface area contributed by atoms with Crippen molar-refractivity contribution in [3.63, 3.8) is 0 Å². The number of likely N-dealkylation sites (N-methyl/N-ethyl adjacent to an activating group) is 1. The van der Waals surface area contributed by atoms with Gasteiger partial charge in [0, 0.05) is 26.1 Å². The van der Waals surface area contributed by atoms with Gasteiger partial charge in [-0.1, -0.05) is 12.1 Å². The zero-order chi connectivity index (χ0) is 17.3. The highest BCUT2D eigenvalue weighted by atomic mass is 16.2. The second kappa shape index (κ2) is 6.25. The Morgan fingerprint density at radius 2 is 2.04 bits per heavy atom. The van der Waals surface area contributed by atoms with E-state index in [4.69, 9.17) is 5.26 Å². The number of hydrogen-bond donors (Lipinski definition) is 1. The van der Waals surface area contributed by atoms with E-state index < -0.39 is 5.54 Å². The zero-order valence-corrected chi connectivity index (χ0v) is 14.1. The first-order valence-corrected chi connectivity index (χ1v) is 8.26. The Kier molecular flexibility index (Phi) is 4.29. The van der Waals surface area contributed by atoms with E-state index in [9.17, 15) is 9.59 Å². The summed E-state index contributed by atoms with van der Waals surface area (Å²) in [6, 6.07) is 9.41. The molecule has 0 aliphatic carbocycles. The maximum Gasteiger partial charge on any atom is 0.324 e. The average Bonchev–Trinajstić information content (AvgIpc) is 2.80. The van der Waals surface area contributed by atoms with Crippen LogP contribution in [-0.2, 0) is 11.3 Å². The van der Waals surface area contributed by atoms with Crippen molar-refractivity contribution in [3.8, 4) is 6.07 Å². The third kappa shape index (κ3) is 2.87. The minimum Gasteiger partial charge on any atom is -0.323 e. The molecule has 1 N–H and O–H groups in total. The van der Waals surface area contributed by atoms with E-state index in [1.54, 1.807) is 0 Å². The standard InChI is InChI=1S/C18H22N4O2/c1-18(16(23)21(2)17(24)20-18)15-4-3-9-22(12-15)11-14-7-5-13(10-19)6-8-14/h5-8,15H,3-4,9,11-12H2,1-2H3,(H,20,24)/t15-,18+/m1/s1. The van der Waals surface area contributed by atoms with Gasteiger partial charge in [0.25, 0.3) is 5.91 Å². The van der Waals surface area contributed by atoms with Gasteiger partial charge >= 0.3 is 6.03 Å². The molecule has 126 valence electrons. The van der Waals surface area contributed by atoms with E-state index in [1.165, 1.54) is 11.9 Å². The summed E-state index contributed by atoms with van der Waals surface area (Å²) in [5.41, 5.74) is 0.999. The molecule has 0 spiro atoms. The fraction of sp³-hybridized carbons (Fsp3) is 0.500. The molecule has 6 nitrogen and oxygen atoms in total. The minimum absolute atomic E-state index is 0.103. The van der Waals surface area contributed by atoms with Gasteiger partial charge in [-0.25, -0.2) is 4.79 Å². The maximum atomic E-state index is 12.5. The number of imide groups is 1. The van der Waals surface area contributed by atoms with Crippen LogP contribution in [0.1, 0.15) is 30.9 Å². The number of likely N-dealkylation sites (tertiary alicyclic amines) is 1. The maximum absolute atomic E-state index is 12.5. The Hall–Kier alpha value is -2.39. The van der Waals surface area contributed by atoms with Gasteiger partial charge in [-0.05, 0) is 44.0 Å². The number of benzene rings is 1. The molecular weight excluding hydrogens is 304 g/mol. The molecule has 2 heterocycles. The van der Waals surface area contributed by atoms with Crippen LogP contribution in [0.2, 0.25) is 0 Å². The van der Waals surface area contributed by atoms with E-state index in [0.717, 1.165) is 38.0 Å². The number of nitrogens with one attached hydrogen (secondary N) is 1. The summed E-state index contributed by atoms with van der Waals surface area (Å²) in [6.07, 6.45) is 1.93. The Labute approximate surface area is 142 Å². The number of urea groups is 1. The summed E-state index contributed by atoms with van der Waals surface area (Å²) in [5.74, 6) is -0.0382. The number of carbonyl (C=O) groups is 2. The second-order valence-electron chi connectivity index (χ2n) is 6.88. The summed E-state index contributed by atoms with van der Waals surface area (Å²) < 4.78 is 0. The van der Waals surface area contributed by atoms with Gasteiger partial charge in [0.2, 0.25) is 0 Å². The Bertz CT molecular complexity index is 694. The highest BCUT2D eigenvalue weighted by molar-refractivity contribution is 6.06. The van der Waals surface area contributed by atoms with E-state index >= 15 is 0 Å². The van der Waals surface area contributed by atoms with Crippen LogP contribution in [0.25, 0.3) is 0 Å². The number of piperidine rings is 1. The van der Waals surface area contributed by atoms with Gasteiger partial charge in [-0.15, -0.1) is 0 Å². The lowest BCUT2D eigenvalue weighted by molar-refractivity contribution is -0.132. The van der Waals surface area contributed by atoms with Crippen molar-refractivity contribution in [2.45, 2.75) is 31.8 Å². The summed E-state index contributed by atoms with van der Waals surface area (Å²) in [4.78, 5) is 27.8. The van der Waals surface area contributed by atoms with Gasteiger partial charge in [-0.3, -0.25) is 14.6 Å². The molecule has 0 bridgehead atoms. The lowest BCUT2D eigenvalue weighted by atomic mass is 9.80. The molecule has 2 aliphatic rings. The number of nitrogens with zero attached hydrogens (tertiary/aromatic N) is 3. The van der Waals surface area contributed by atoms with Gasteiger partial charge in [0.15, 0.2) is 0 Å². The predicted molar refractivity (Wildman–Crippen MR) is 88.9 cm³/mol. The molecule has 2 fully saturated rings. The van der Waals surface area contributed by atoms with Gasteiger partial charge < -0.3 is 5.32 Å². The first-order valence-electron chi connectivity index (χ1n) is 8.26. The molecule has 2 aliphatic heterocycles. The smallest absolute Gasteiger partial charge is 0.323 e. The van der Waals surface area contributed by atoms with Crippen molar-refractivity contribution in [1.82, 2.24) is 15.1 Å².